The maximum Gasteiger partial charge on any atom is 0.227 e. The molecule has 3 nitrogen and oxygen atoms in total. The van der Waals surface area contributed by atoms with Gasteiger partial charge >= 0.3 is 0 Å². The summed E-state index contributed by atoms with van der Waals surface area (Å²) in [6, 6.07) is 7.83. The molecule has 0 aliphatic carbocycles. The van der Waals surface area contributed by atoms with Gasteiger partial charge in [-0.15, -0.1) is 0 Å². The third kappa shape index (κ3) is 3.05. The molecule has 0 N–H and O–H groups in total. The lowest BCUT2D eigenvalue weighted by Crippen LogP contribution is -2.31. The van der Waals surface area contributed by atoms with Gasteiger partial charge in [0.1, 0.15) is 12.4 Å². The molecule has 0 spiro atoms. The van der Waals surface area contributed by atoms with Crippen LogP contribution in [0.25, 0.3) is 5.70 Å². The Labute approximate surface area is 114 Å². The van der Waals surface area contributed by atoms with Crippen LogP contribution in [-0.2, 0) is 4.79 Å². The molecule has 3 heteroatoms. The topological polar surface area (TPSA) is 29.5 Å². The van der Waals surface area contributed by atoms with Crippen LogP contribution in [0.3, 0.4) is 0 Å². The fourth-order valence-electron chi connectivity index (χ4n) is 2.21. The van der Waals surface area contributed by atoms with Gasteiger partial charge in [0, 0.05) is 18.7 Å². The minimum absolute atomic E-state index is 0.201. The Kier molecular flexibility index (Phi) is 4.39. The van der Waals surface area contributed by atoms with Crippen LogP contribution >= 0.6 is 0 Å². The number of ether oxygens (including phenoxy) is 1. The molecule has 1 heterocycles. The van der Waals surface area contributed by atoms with Crippen LogP contribution < -0.4 is 4.74 Å². The summed E-state index contributed by atoms with van der Waals surface area (Å²) in [5, 5.41) is 0. The van der Waals surface area contributed by atoms with E-state index in [0.29, 0.717) is 19.6 Å². The van der Waals surface area contributed by atoms with E-state index in [1.165, 1.54) is 0 Å². The summed E-state index contributed by atoms with van der Waals surface area (Å²) in [5.74, 6) is 1.02. The summed E-state index contributed by atoms with van der Waals surface area (Å²) < 4.78 is 5.45. The number of allylic oxidation sites excluding steroid dienone is 1. The smallest absolute Gasteiger partial charge is 0.227 e. The van der Waals surface area contributed by atoms with Crippen molar-refractivity contribution in [1.29, 1.82) is 0 Å². The third-order valence-corrected chi connectivity index (χ3v) is 3.12. The Hall–Kier alpha value is -2.03. The van der Waals surface area contributed by atoms with Crippen molar-refractivity contribution in [3.8, 4) is 5.75 Å². The van der Waals surface area contributed by atoms with E-state index in [2.05, 4.69) is 12.7 Å². The highest BCUT2D eigenvalue weighted by atomic mass is 16.5. The molecule has 0 bridgehead atoms. The zero-order chi connectivity index (χ0) is 13.7. The van der Waals surface area contributed by atoms with Crippen LogP contribution in [0.2, 0.25) is 0 Å². The van der Waals surface area contributed by atoms with Crippen LogP contribution in [0.5, 0.6) is 5.75 Å². The largest absolute Gasteiger partial charge is 0.490 e. The van der Waals surface area contributed by atoms with Gasteiger partial charge in [0.2, 0.25) is 5.91 Å². The Morgan fingerprint density at radius 2 is 2.11 bits per heavy atom. The first-order valence-electron chi connectivity index (χ1n) is 6.61. The van der Waals surface area contributed by atoms with E-state index in [1.54, 1.807) is 6.08 Å². The summed E-state index contributed by atoms with van der Waals surface area (Å²) >= 11 is 0. The van der Waals surface area contributed by atoms with Crippen molar-refractivity contribution >= 4 is 11.6 Å². The summed E-state index contributed by atoms with van der Waals surface area (Å²) in [5.41, 5.74) is 2.06. The van der Waals surface area contributed by atoms with E-state index in [9.17, 15) is 4.79 Å². The summed E-state index contributed by atoms with van der Waals surface area (Å²) in [7, 11) is 0. The average molecular weight is 257 g/mol. The standard InChI is InChI=1S/C16H19NO2/c1-3-12-19-14-10-8-13(9-11-14)15-6-5-7-16(18)17(15)4-2/h3,6,8-11H,1,4-5,7,12H2,2H3. The molecule has 0 atom stereocenters. The van der Waals surface area contributed by atoms with Crippen molar-refractivity contribution in [2.75, 3.05) is 13.2 Å². The molecule has 1 aliphatic heterocycles. The second kappa shape index (κ2) is 6.23. The molecule has 0 radical (unpaired) electrons. The van der Waals surface area contributed by atoms with Gasteiger partial charge in [-0.3, -0.25) is 4.79 Å². The van der Waals surface area contributed by atoms with E-state index in [4.69, 9.17) is 4.74 Å². The highest BCUT2D eigenvalue weighted by Gasteiger charge is 2.20. The summed E-state index contributed by atoms with van der Waals surface area (Å²) in [6.45, 7) is 6.83. The normalized spacial score (nSPS) is 15.1. The van der Waals surface area contributed by atoms with Crippen molar-refractivity contribution in [2.24, 2.45) is 0 Å². The van der Waals surface area contributed by atoms with Gasteiger partial charge in [-0.2, -0.15) is 0 Å². The van der Waals surface area contributed by atoms with Gasteiger partial charge in [-0.25, -0.2) is 0 Å². The highest BCUT2D eigenvalue weighted by Crippen LogP contribution is 2.26. The van der Waals surface area contributed by atoms with E-state index >= 15 is 0 Å². The molecule has 2 rings (SSSR count). The predicted octanol–water partition coefficient (Wildman–Crippen LogP) is 3.23. The fourth-order valence-corrected chi connectivity index (χ4v) is 2.21. The maximum atomic E-state index is 11.9. The van der Waals surface area contributed by atoms with Crippen molar-refractivity contribution in [1.82, 2.24) is 4.90 Å². The lowest BCUT2D eigenvalue weighted by Gasteiger charge is -2.27. The fraction of sp³-hybridized carbons (Fsp3) is 0.312. The highest BCUT2D eigenvalue weighted by molar-refractivity contribution is 5.89. The molecule has 0 saturated heterocycles. The second-order valence-electron chi connectivity index (χ2n) is 4.39. The first-order chi connectivity index (χ1) is 9.26. The Morgan fingerprint density at radius 1 is 1.37 bits per heavy atom. The molecular formula is C16H19NO2. The molecular weight excluding hydrogens is 238 g/mol. The molecule has 0 aromatic heterocycles. The molecule has 1 aromatic rings. The lowest BCUT2D eigenvalue weighted by atomic mass is 10.0. The molecule has 1 aromatic carbocycles. The summed E-state index contributed by atoms with van der Waals surface area (Å²) in [6.07, 6.45) is 5.27. The first-order valence-corrected chi connectivity index (χ1v) is 6.61. The van der Waals surface area contributed by atoms with Crippen molar-refractivity contribution in [3.05, 3.63) is 48.6 Å². The molecule has 0 unspecified atom stereocenters. The minimum atomic E-state index is 0.201. The molecule has 0 fully saturated rings. The zero-order valence-electron chi connectivity index (χ0n) is 11.3. The number of benzene rings is 1. The Balaban J connectivity index is 2.19. The zero-order valence-corrected chi connectivity index (χ0v) is 11.3. The minimum Gasteiger partial charge on any atom is -0.490 e. The quantitative estimate of drug-likeness (QED) is 0.758. The number of carbonyl (C=O) groups is 1. The Morgan fingerprint density at radius 3 is 2.74 bits per heavy atom. The van der Waals surface area contributed by atoms with Gasteiger partial charge in [0.25, 0.3) is 0 Å². The summed E-state index contributed by atoms with van der Waals surface area (Å²) in [4.78, 5) is 13.7. The number of amides is 1. The molecule has 0 saturated carbocycles. The van der Waals surface area contributed by atoms with Crippen molar-refractivity contribution in [2.45, 2.75) is 19.8 Å². The predicted molar refractivity (Wildman–Crippen MR) is 76.7 cm³/mol. The number of rotatable bonds is 5. The van der Waals surface area contributed by atoms with E-state index in [1.807, 2.05) is 36.1 Å². The number of nitrogens with zero attached hydrogens (tertiary/aromatic N) is 1. The van der Waals surface area contributed by atoms with Crippen molar-refractivity contribution in [3.63, 3.8) is 0 Å². The van der Waals surface area contributed by atoms with Crippen LogP contribution in [0, 0.1) is 0 Å². The van der Waals surface area contributed by atoms with Crippen LogP contribution in [0.4, 0.5) is 0 Å². The number of hydrogen-bond donors (Lipinski definition) is 0. The maximum absolute atomic E-state index is 11.9. The van der Waals surface area contributed by atoms with Gasteiger partial charge in [0.05, 0.1) is 0 Å². The van der Waals surface area contributed by atoms with E-state index in [-0.39, 0.29) is 5.91 Å². The Bertz CT molecular complexity index is 488. The second-order valence-corrected chi connectivity index (χ2v) is 4.39. The van der Waals surface area contributed by atoms with Gasteiger partial charge in [-0.1, -0.05) is 18.7 Å². The van der Waals surface area contributed by atoms with E-state index < -0.39 is 0 Å². The number of carbonyl (C=O) groups excluding carboxylic acids is 1. The first kappa shape index (κ1) is 13.4. The SMILES string of the molecule is C=CCOc1ccc(C2=CCCC(=O)N2CC)cc1. The lowest BCUT2D eigenvalue weighted by molar-refractivity contribution is -0.128. The van der Waals surface area contributed by atoms with Crippen LogP contribution in [-0.4, -0.2) is 24.0 Å². The number of hydrogen-bond acceptors (Lipinski definition) is 2. The van der Waals surface area contributed by atoms with Gasteiger partial charge in [0.15, 0.2) is 0 Å². The van der Waals surface area contributed by atoms with E-state index in [0.717, 1.165) is 23.4 Å². The van der Waals surface area contributed by atoms with Crippen molar-refractivity contribution < 1.29 is 9.53 Å². The molecule has 1 aliphatic rings. The third-order valence-electron chi connectivity index (χ3n) is 3.12. The van der Waals surface area contributed by atoms with Gasteiger partial charge in [-0.05, 0) is 43.2 Å². The van der Waals surface area contributed by atoms with Gasteiger partial charge < -0.3 is 9.64 Å². The molecule has 1 amide bonds. The monoisotopic (exact) mass is 257 g/mol. The van der Waals surface area contributed by atoms with Crippen LogP contribution in [0.1, 0.15) is 25.3 Å². The average Bonchev–Trinajstić information content (AvgIpc) is 2.45. The van der Waals surface area contributed by atoms with Crippen LogP contribution in [0.15, 0.2) is 43.0 Å². The molecule has 100 valence electrons. The molecule has 19 heavy (non-hydrogen) atoms.